The fraction of sp³-hybridized carbons (Fsp3) is 0.333. The summed E-state index contributed by atoms with van der Waals surface area (Å²) in [5, 5.41) is 17.4. The number of nitrogens with zero attached hydrogens (tertiary/aromatic N) is 5. The molecule has 1 N–H and O–H groups in total. The third-order valence-corrected chi connectivity index (χ3v) is 4.70. The lowest BCUT2D eigenvalue weighted by atomic mass is 10.1. The van der Waals surface area contributed by atoms with Crippen molar-refractivity contribution in [1.29, 1.82) is 0 Å². The Kier molecular flexibility index (Phi) is 4.61. The van der Waals surface area contributed by atoms with Crippen LogP contribution in [-0.2, 0) is 12.7 Å². The van der Waals surface area contributed by atoms with E-state index in [1.807, 2.05) is 4.90 Å². The van der Waals surface area contributed by atoms with Crippen molar-refractivity contribution in [2.24, 2.45) is 0 Å². The highest BCUT2D eigenvalue weighted by molar-refractivity contribution is 5.62. The van der Waals surface area contributed by atoms with Crippen LogP contribution in [0, 0.1) is 6.92 Å². The molecular formula is C18H16F3N5O3. The number of halogens is 3. The van der Waals surface area contributed by atoms with E-state index in [0.717, 1.165) is 12.3 Å². The minimum absolute atomic E-state index is 0.0351. The zero-order chi connectivity index (χ0) is 20.8. The molecule has 0 aliphatic carbocycles. The molecular weight excluding hydrogens is 391 g/mol. The maximum Gasteiger partial charge on any atom is 0.433 e. The Labute approximate surface area is 162 Å². The molecule has 3 aromatic rings. The van der Waals surface area contributed by atoms with E-state index in [9.17, 15) is 23.1 Å². The largest absolute Gasteiger partial charge is 0.433 e. The van der Waals surface area contributed by atoms with Crippen LogP contribution in [-0.4, -0.2) is 44.2 Å². The van der Waals surface area contributed by atoms with Crippen LogP contribution in [0.3, 0.4) is 0 Å². The van der Waals surface area contributed by atoms with E-state index in [0.29, 0.717) is 41.4 Å². The van der Waals surface area contributed by atoms with Crippen LogP contribution in [0.5, 0.6) is 0 Å². The quantitative estimate of drug-likeness (QED) is 0.705. The van der Waals surface area contributed by atoms with Gasteiger partial charge >= 0.3 is 6.18 Å². The normalized spacial score (nSPS) is 14.9. The van der Waals surface area contributed by atoms with Gasteiger partial charge in [0.15, 0.2) is 0 Å². The van der Waals surface area contributed by atoms with Gasteiger partial charge in [0.2, 0.25) is 0 Å². The summed E-state index contributed by atoms with van der Waals surface area (Å²) in [6, 6.07) is 3.54. The monoisotopic (exact) mass is 407 g/mol. The lowest BCUT2D eigenvalue weighted by Gasteiger charge is -2.37. The fourth-order valence-electron chi connectivity index (χ4n) is 3.04. The summed E-state index contributed by atoms with van der Waals surface area (Å²) in [5.41, 5.74) is 0.407. The van der Waals surface area contributed by atoms with Crippen LogP contribution >= 0.6 is 0 Å². The minimum Gasteiger partial charge on any atom is -0.389 e. The van der Waals surface area contributed by atoms with Gasteiger partial charge in [0.1, 0.15) is 17.1 Å². The SMILES string of the molecule is Cc1onc(-c2ccc(C(F)(F)F)nc2)c1Cn1ncc(N2CC(O)C2)cc1=O. The molecule has 0 radical (unpaired) electrons. The molecule has 1 saturated heterocycles. The molecule has 8 nitrogen and oxygen atoms in total. The molecule has 0 bridgehead atoms. The average Bonchev–Trinajstić information content (AvgIpc) is 3.01. The molecule has 0 saturated carbocycles. The van der Waals surface area contributed by atoms with Gasteiger partial charge in [-0.1, -0.05) is 5.16 Å². The molecule has 0 atom stereocenters. The first kappa shape index (κ1) is 19.1. The molecule has 0 amide bonds. The number of aliphatic hydroxyl groups excluding tert-OH is 1. The Hall–Kier alpha value is -3.21. The second-order valence-electron chi connectivity index (χ2n) is 6.76. The number of alkyl halides is 3. The molecule has 1 aliphatic heterocycles. The van der Waals surface area contributed by atoms with Gasteiger partial charge in [0.05, 0.1) is 24.5 Å². The molecule has 152 valence electrons. The molecule has 0 spiro atoms. The number of hydrogen-bond acceptors (Lipinski definition) is 7. The number of aliphatic hydroxyl groups is 1. The predicted octanol–water partition coefficient (Wildman–Crippen LogP) is 1.85. The Bertz CT molecular complexity index is 1090. The molecule has 4 rings (SSSR count). The van der Waals surface area contributed by atoms with Gasteiger partial charge in [-0.25, -0.2) is 4.68 Å². The van der Waals surface area contributed by atoms with E-state index in [4.69, 9.17) is 4.52 Å². The van der Waals surface area contributed by atoms with Crippen molar-refractivity contribution < 1.29 is 22.8 Å². The van der Waals surface area contributed by atoms with Crippen LogP contribution in [0.15, 0.2) is 39.9 Å². The van der Waals surface area contributed by atoms with E-state index >= 15 is 0 Å². The summed E-state index contributed by atoms with van der Waals surface area (Å²) in [5.74, 6) is 0.420. The summed E-state index contributed by atoms with van der Waals surface area (Å²) in [6.07, 6.45) is -2.35. The summed E-state index contributed by atoms with van der Waals surface area (Å²) >= 11 is 0. The summed E-state index contributed by atoms with van der Waals surface area (Å²) in [6.45, 7) is 2.57. The summed E-state index contributed by atoms with van der Waals surface area (Å²) in [7, 11) is 0. The number of β-amino-alcohol motifs (C(OH)–C–C–N with tert-alkyl or cyclic N) is 1. The first-order valence-electron chi connectivity index (χ1n) is 8.71. The third-order valence-electron chi connectivity index (χ3n) is 4.70. The van der Waals surface area contributed by atoms with E-state index in [1.54, 1.807) is 6.92 Å². The summed E-state index contributed by atoms with van der Waals surface area (Å²) in [4.78, 5) is 17.7. The number of pyridine rings is 1. The number of rotatable bonds is 4. The summed E-state index contributed by atoms with van der Waals surface area (Å²) < 4.78 is 44.5. The lowest BCUT2D eigenvalue weighted by molar-refractivity contribution is -0.141. The zero-order valence-electron chi connectivity index (χ0n) is 15.2. The molecule has 0 aromatic carbocycles. The first-order chi connectivity index (χ1) is 13.7. The maximum absolute atomic E-state index is 12.7. The lowest BCUT2D eigenvalue weighted by Crippen LogP contribution is -2.51. The zero-order valence-corrected chi connectivity index (χ0v) is 15.2. The highest BCUT2D eigenvalue weighted by atomic mass is 19.4. The maximum atomic E-state index is 12.7. The molecule has 1 aliphatic rings. The van der Waals surface area contributed by atoms with E-state index in [-0.39, 0.29) is 12.1 Å². The first-order valence-corrected chi connectivity index (χ1v) is 8.71. The number of aryl methyl sites for hydroxylation is 1. The second-order valence-corrected chi connectivity index (χ2v) is 6.76. The molecule has 29 heavy (non-hydrogen) atoms. The van der Waals surface area contributed by atoms with E-state index in [1.165, 1.54) is 23.0 Å². The van der Waals surface area contributed by atoms with Crippen LogP contribution in [0.25, 0.3) is 11.3 Å². The van der Waals surface area contributed by atoms with E-state index in [2.05, 4.69) is 15.2 Å². The topological polar surface area (TPSA) is 97.3 Å². The van der Waals surface area contributed by atoms with Crippen LogP contribution in [0.1, 0.15) is 17.0 Å². The smallest absolute Gasteiger partial charge is 0.389 e. The molecule has 0 unspecified atom stereocenters. The molecule has 1 fully saturated rings. The van der Waals surface area contributed by atoms with Crippen molar-refractivity contribution in [3.63, 3.8) is 0 Å². The van der Waals surface area contributed by atoms with Gasteiger partial charge in [0, 0.05) is 36.5 Å². The molecule has 11 heteroatoms. The van der Waals surface area contributed by atoms with E-state index < -0.39 is 18.0 Å². The van der Waals surface area contributed by atoms with Gasteiger partial charge in [-0.2, -0.15) is 18.3 Å². The third kappa shape index (κ3) is 3.73. The van der Waals surface area contributed by atoms with Crippen molar-refractivity contribution in [3.05, 3.63) is 58.0 Å². The van der Waals surface area contributed by atoms with Crippen LogP contribution in [0.2, 0.25) is 0 Å². The predicted molar refractivity (Wildman–Crippen MR) is 95.3 cm³/mol. The minimum atomic E-state index is -4.54. The Balaban J connectivity index is 1.61. The van der Waals surface area contributed by atoms with Crippen molar-refractivity contribution in [2.75, 3.05) is 18.0 Å². The van der Waals surface area contributed by atoms with Crippen LogP contribution in [0.4, 0.5) is 18.9 Å². The fourth-order valence-corrected chi connectivity index (χ4v) is 3.04. The highest BCUT2D eigenvalue weighted by Gasteiger charge is 2.32. The Morgan fingerprint density at radius 1 is 1.28 bits per heavy atom. The van der Waals surface area contributed by atoms with Crippen LogP contribution < -0.4 is 10.5 Å². The van der Waals surface area contributed by atoms with Crippen molar-refractivity contribution in [2.45, 2.75) is 25.7 Å². The highest BCUT2D eigenvalue weighted by Crippen LogP contribution is 2.30. The number of hydrogen-bond donors (Lipinski definition) is 1. The molecule has 4 heterocycles. The number of aromatic nitrogens is 4. The standard InChI is InChI=1S/C18H16F3N5O3/c1-10-14(9-26-16(28)4-12(6-23-26)25-7-13(27)8-25)17(24-29-10)11-2-3-15(22-5-11)18(19,20)21/h2-6,13,27H,7-9H2,1H3. The number of anilines is 1. The van der Waals surface area contributed by atoms with Gasteiger partial charge in [0.25, 0.3) is 5.56 Å². The second kappa shape index (κ2) is 6.99. The van der Waals surface area contributed by atoms with Gasteiger partial charge in [-0.05, 0) is 19.1 Å². The van der Waals surface area contributed by atoms with Crippen molar-refractivity contribution in [3.8, 4) is 11.3 Å². The van der Waals surface area contributed by atoms with Gasteiger partial charge in [-0.3, -0.25) is 9.78 Å². The van der Waals surface area contributed by atoms with Crippen molar-refractivity contribution in [1.82, 2.24) is 19.9 Å². The van der Waals surface area contributed by atoms with Gasteiger partial charge in [-0.15, -0.1) is 0 Å². The van der Waals surface area contributed by atoms with Crippen molar-refractivity contribution >= 4 is 5.69 Å². The Morgan fingerprint density at radius 3 is 2.62 bits per heavy atom. The Morgan fingerprint density at radius 2 is 2.03 bits per heavy atom. The van der Waals surface area contributed by atoms with Gasteiger partial charge < -0.3 is 14.5 Å². The molecule has 3 aromatic heterocycles. The average molecular weight is 407 g/mol.